The van der Waals surface area contributed by atoms with Crippen molar-refractivity contribution in [2.75, 3.05) is 18.1 Å². The van der Waals surface area contributed by atoms with Crippen LogP contribution in [-0.2, 0) is 9.59 Å². The molecule has 0 fully saturated rings. The third-order valence-electron chi connectivity index (χ3n) is 3.62. The first-order valence-electron chi connectivity index (χ1n) is 7.24. The normalized spacial score (nSPS) is 17.5. The summed E-state index contributed by atoms with van der Waals surface area (Å²) in [5, 5.41) is 21.6. The van der Waals surface area contributed by atoms with Crippen LogP contribution in [0.15, 0.2) is 40.1 Å². The van der Waals surface area contributed by atoms with Gasteiger partial charge in [-0.2, -0.15) is 0 Å². The largest absolute Gasteiger partial charge is 0.477 e. The van der Waals surface area contributed by atoms with Crippen molar-refractivity contribution in [2.24, 2.45) is 0 Å². The molecule has 1 aliphatic heterocycles. The van der Waals surface area contributed by atoms with Crippen LogP contribution in [0.3, 0.4) is 0 Å². The summed E-state index contributed by atoms with van der Waals surface area (Å²) in [7, 11) is 0. The third-order valence-corrected chi connectivity index (χ3v) is 6.17. The molecule has 23 heavy (non-hydrogen) atoms. The fourth-order valence-corrected chi connectivity index (χ4v) is 4.48. The summed E-state index contributed by atoms with van der Waals surface area (Å²) in [6, 6.07) is 9.11. The van der Waals surface area contributed by atoms with Gasteiger partial charge in [-0.25, -0.2) is 4.79 Å². The highest BCUT2D eigenvalue weighted by atomic mass is 32.2. The molecule has 5 nitrogen and oxygen atoms in total. The summed E-state index contributed by atoms with van der Waals surface area (Å²) in [5.41, 5.74) is 1.00. The second-order valence-corrected chi connectivity index (χ2v) is 7.33. The molecule has 2 rings (SSSR count). The van der Waals surface area contributed by atoms with E-state index in [2.05, 4.69) is 5.32 Å². The average Bonchev–Trinajstić information content (AvgIpc) is 2.59. The van der Waals surface area contributed by atoms with Gasteiger partial charge in [-0.3, -0.25) is 4.79 Å². The van der Waals surface area contributed by atoms with E-state index in [1.54, 1.807) is 0 Å². The first-order valence-corrected chi connectivity index (χ1v) is 9.21. The molecule has 0 aromatic heterocycles. The van der Waals surface area contributed by atoms with Crippen molar-refractivity contribution >= 4 is 35.4 Å². The molecule has 0 saturated carbocycles. The van der Waals surface area contributed by atoms with Crippen LogP contribution in [0.5, 0.6) is 0 Å². The Labute approximate surface area is 143 Å². The van der Waals surface area contributed by atoms with Gasteiger partial charge < -0.3 is 15.5 Å². The van der Waals surface area contributed by atoms with Crippen LogP contribution in [0.1, 0.15) is 18.4 Å². The van der Waals surface area contributed by atoms with E-state index in [1.807, 2.05) is 37.3 Å². The Morgan fingerprint density at radius 2 is 1.78 bits per heavy atom. The minimum atomic E-state index is -1.08. The molecule has 0 aliphatic carbocycles. The zero-order valence-corrected chi connectivity index (χ0v) is 14.3. The summed E-state index contributed by atoms with van der Waals surface area (Å²) in [5.74, 6) is -0.222. The SMILES string of the molecule is C[C@H](c1ccccc1)[C@@H](CO)NC(=O)C1=C(C(=O)O)SCCS1. The summed E-state index contributed by atoms with van der Waals surface area (Å²) in [6.45, 7) is 1.71. The molecule has 0 unspecified atom stereocenters. The third kappa shape index (κ3) is 4.53. The van der Waals surface area contributed by atoms with Gasteiger partial charge in [-0.15, -0.1) is 23.5 Å². The molecule has 0 spiro atoms. The van der Waals surface area contributed by atoms with Crippen molar-refractivity contribution in [2.45, 2.75) is 18.9 Å². The van der Waals surface area contributed by atoms with E-state index in [9.17, 15) is 19.8 Å². The van der Waals surface area contributed by atoms with E-state index in [0.717, 1.165) is 5.56 Å². The van der Waals surface area contributed by atoms with Crippen molar-refractivity contribution in [3.63, 3.8) is 0 Å². The lowest BCUT2D eigenvalue weighted by Gasteiger charge is -2.25. The standard InChI is InChI=1S/C16H19NO4S2/c1-10(11-5-3-2-4-6-11)12(9-18)17-15(19)13-14(16(20)21)23-8-7-22-13/h2-6,10,12,18H,7-9H2,1H3,(H,17,19)(H,20,21)/t10-,12-/m1/s1. The van der Waals surface area contributed by atoms with E-state index in [0.29, 0.717) is 11.5 Å². The fraction of sp³-hybridized carbons (Fsp3) is 0.375. The number of carboxylic acid groups (broad SMARTS) is 1. The van der Waals surface area contributed by atoms with E-state index in [1.165, 1.54) is 23.5 Å². The number of rotatable bonds is 6. The van der Waals surface area contributed by atoms with Crippen molar-refractivity contribution in [1.29, 1.82) is 0 Å². The maximum absolute atomic E-state index is 12.4. The quantitative estimate of drug-likeness (QED) is 0.726. The van der Waals surface area contributed by atoms with Crippen LogP contribution >= 0.6 is 23.5 Å². The zero-order chi connectivity index (χ0) is 16.8. The molecule has 1 aromatic carbocycles. The summed E-state index contributed by atoms with van der Waals surface area (Å²) >= 11 is 2.44. The van der Waals surface area contributed by atoms with Gasteiger partial charge in [0.05, 0.1) is 17.6 Å². The highest BCUT2D eigenvalue weighted by Gasteiger charge is 2.28. The Bertz CT molecular complexity index is 603. The monoisotopic (exact) mass is 353 g/mol. The Hall–Kier alpha value is -1.44. The molecular formula is C16H19NO4S2. The minimum Gasteiger partial charge on any atom is -0.477 e. The van der Waals surface area contributed by atoms with Crippen molar-refractivity contribution in [3.05, 3.63) is 45.7 Å². The molecule has 1 heterocycles. The van der Waals surface area contributed by atoms with Gasteiger partial charge in [0, 0.05) is 17.4 Å². The van der Waals surface area contributed by atoms with Gasteiger partial charge in [0.15, 0.2) is 0 Å². The lowest BCUT2D eigenvalue weighted by molar-refractivity contribution is -0.132. The van der Waals surface area contributed by atoms with Gasteiger partial charge in [0.1, 0.15) is 4.91 Å². The molecule has 124 valence electrons. The number of amides is 1. The van der Waals surface area contributed by atoms with Crippen molar-refractivity contribution in [1.82, 2.24) is 5.32 Å². The molecular weight excluding hydrogens is 334 g/mol. The van der Waals surface area contributed by atoms with Gasteiger partial charge >= 0.3 is 5.97 Å². The lowest BCUT2D eigenvalue weighted by Crippen LogP contribution is -2.42. The number of aliphatic hydroxyl groups is 1. The van der Waals surface area contributed by atoms with Gasteiger partial charge in [0.25, 0.3) is 5.91 Å². The van der Waals surface area contributed by atoms with Crippen LogP contribution in [-0.4, -0.2) is 46.2 Å². The number of hydrogen-bond acceptors (Lipinski definition) is 5. The van der Waals surface area contributed by atoms with Crippen LogP contribution in [0.25, 0.3) is 0 Å². The molecule has 1 aliphatic rings. The molecule has 0 saturated heterocycles. The average molecular weight is 353 g/mol. The smallest absolute Gasteiger partial charge is 0.343 e. The number of carbonyl (C=O) groups is 2. The Morgan fingerprint density at radius 3 is 2.35 bits per heavy atom. The molecule has 0 bridgehead atoms. The van der Waals surface area contributed by atoms with E-state index < -0.39 is 17.9 Å². The summed E-state index contributed by atoms with van der Waals surface area (Å²) < 4.78 is 0. The summed E-state index contributed by atoms with van der Waals surface area (Å²) in [6.07, 6.45) is 0. The Morgan fingerprint density at radius 1 is 1.17 bits per heavy atom. The van der Waals surface area contributed by atoms with Crippen LogP contribution in [0.4, 0.5) is 0 Å². The maximum atomic E-state index is 12.4. The molecule has 2 atom stereocenters. The Balaban J connectivity index is 2.15. The second kappa shape index (κ2) is 8.42. The fourth-order valence-electron chi connectivity index (χ4n) is 2.30. The number of thioether (sulfide) groups is 2. The van der Waals surface area contributed by atoms with Crippen LogP contribution in [0, 0.1) is 0 Å². The predicted molar refractivity (Wildman–Crippen MR) is 93.5 cm³/mol. The lowest BCUT2D eigenvalue weighted by atomic mass is 9.94. The van der Waals surface area contributed by atoms with Gasteiger partial charge in [-0.05, 0) is 5.56 Å². The molecule has 1 amide bonds. The number of hydrogen-bond donors (Lipinski definition) is 3. The number of carbonyl (C=O) groups excluding carboxylic acids is 1. The van der Waals surface area contributed by atoms with Gasteiger partial charge in [0.2, 0.25) is 0 Å². The number of aliphatic carboxylic acids is 1. The molecule has 7 heteroatoms. The first-order chi connectivity index (χ1) is 11.0. The van der Waals surface area contributed by atoms with Crippen molar-refractivity contribution in [3.8, 4) is 0 Å². The molecule has 3 N–H and O–H groups in total. The minimum absolute atomic E-state index is 0.0831. The van der Waals surface area contributed by atoms with Crippen LogP contribution in [0.2, 0.25) is 0 Å². The highest BCUT2D eigenvalue weighted by Crippen LogP contribution is 2.34. The van der Waals surface area contributed by atoms with E-state index in [-0.39, 0.29) is 22.3 Å². The Kier molecular flexibility index (Phi) is 6.56. The zero-order valence-electron chi connectivity index (χ0n) is 12.7. The molecule has 0 radical (unpaired) electrons. The second-order valence-electron chi connectivity index (χ2n) is 5.12. The maximum Gasteiger partial charge on any atom is 0.343 e. The number of aliphatic hydroxyl groups excluding tert-OH is 1. The molecule has 1 aromatic rings. The summed E-state index contributed by atoms with van der Waals surface area (Å²) in [4.78, 5) is 24.0. The van der Waals surface area contributed by atoms with E-state index in [4.69, 9.17) is 0 Å². The number of carboxylic acids is 1. The van der Waals surface area contributed by atoms with Crippen molar-refractivity contribution < 1.29 is 19.8 Å². The highest BCUT2D eigenvalue weighted by molar-refractivity contribution is 8.11. The van der Waals surface area contributed by atoms with E-state index >= 15 is 0 Å². The number of benzene rings is 1. The predicted octanol–water partition coefficient (Wildman–Crippen LogP) is 2.04. The van der Waals surface area contributed by atoms with Crippen LogP contribution < -0.4 is 5.32 Å². The van der Waals surface area contributed by atoms with Gasteiger partial charge in [-0.1, -0.05) is 37.3 Å². The first kappa shape index (κ1) is 17.9. The topological polar surface area (TPSA) is 86.6 Å². The number of nitrogens with one attached hydrogen (secondary N) is 1.